The van der Waals surface area contributed by atoms with E-state index in [0.717, 1.165) is 42.6 Å². The third-order valence-corrected chi connectivity index (χ3v) is 4.10. The van der Waals surface area contributed by atoms with Gasteiger partial charge >= 0.3 is 0 Å². The van der Waals surface area contributed by atoms with Crippen molar-refractivity contribution in [2.75, 3.05) is 38.2 Å². The Morgan fingerprint density at radius 2 is 2.00 bits per heavy atom. The minimum absolute atomic E-state index is 0.602. The quantitative estimate of drug-likeness (QED) is 0.846. The van der Waals surface area contributed by atoms with Crippen molar-refractivity contribution in [3.05, 3.63) is 10.7 Å². The number of hydrogen-bond donors (Lipinski definition) is 0. The molecule has 0 aromatic carbocycles. The summed E-state index contributed by atoms with van der Waals surface area (Å²) in [4.78, 5) is 13.6. The van der Waals surface area contributed by atoms with Crippen LogP contribution in [0.5, 0.6) is 5.88 Å². The summed E-state index contributed by atoms with van der Waals surface area (Å²) in [5, 5.41) is 0. The Bertz CT molecular complexity index is 430. The Labute approximate surface area is 115 Å². The van der Waals surface area contributed by atoms with Gasteiger partial charge in [-0.3, -0.25) is 4.90 Å². The molecule has 0 amide bonds. The van der Waals surface area contributed by atoms with Crippen molar-refractivity contribution < 1.29 is 4.74 Å². The van der Waals surface area contributed by atoms with Crippen molar-refractivity contribution in [2.45, 2.75) is 18.9 Å². The van der Waals surface area contributed by atoms with Gasteiger partial charge in [0.15, 0.2) is 0 Å². The summed E-state index contributed by atoms with van der Waals surface area (Å²) >= 11 is 3.37. The van der Waals surface area contributed by atoms with Crippen LogP contribution in [0.1, 0.15) is 12.8 Å². The van der Waals surface area contributed by atoms with Crippen LogP contribution in [-0.4, -0.2) is 54.2 Å². The first-order chi connectivity index (χ1) is 8.78. The van der Waals surface area contributed by atoms with Crippen LogP contribution in [0.15, 0.2) is 10.7 Å². The van der Waals surface area contributed by atoms with E-state index in [4.69, 9.17) is 4.74 Å². The first kappa shape index (κ1) is 12.2. The maximum atomic E-state index is 5.21. The van der Waals surface area contributed by atoms with Gasteiger partial charge in [-0.1, -0.05) is 0 Å². The van der Waals surface area contributed by atoms with E-state index >= 15 is 0 Å². The molecule has 5 nitrogen and oxygen atoms in total. The van der Waals surface area contributed by atoms with Crippen molar-refractivity contribution in [2.24, 2.45) is 0 Å². The van der Waals surface area contributed by atoms with Crippen molar-refractivity contribution in [1.82, 2.24) is 14.9 Å². The zero-order chi connectivity index (χ0) is 12.5. The maximum absolute atomic E-state index is 5.21. The van der Waals surface area contributed by atoms with E-state index in [0.29, 0.717) is 5.88 Å². The standard InChI is InChI=1S/C12H17BrN4O/c1-18-11-10(13)8-14-12(15-11)17-6-4-16(5-7-17)9-2-3-9/h8-9H,2-7H2,1H3. The average molecular weight is 313 g/mol. The second-order valence-corrected chi connectivity index (χ2v) is 5.64. The maximum Gasteiger partial charge on any atom is 0.232 e. The Morgan fingerprint density at radius 1 is 1.28 bits per heavy atom. The van der Waals surface area contributed by atoms with Gasteiger partial charge in [0.25, 0.3) is 0 Å². The van der Waals surface area contributed by atoms with Gasteiger partial charge in [-0.15, -0.1) is 0 Å². The van der Waals surface area contributed by atoms with Crippen molar-refractivity contribution in [1.29, 1.82) is 0 Å². The number of methoxy groups -OCH3 is 1. The highest BCUT2D eigenvalue weighted by Gasteiger charge is 2.31. The van der Waals surface area contributed by atoms with Crippen LogP contribution in [0.25, 0.3) is 0 Å². The monoisotopic (exact) mass is 312 g/mol. The van der Waals surface area contributed by atoms with E-state index in [2.05, 4.69) is 35.7 Å². The Hall–Kier alpha value is -0.880. The van der Waals surface area contributed by atoms with Gasteiger partial charge in [-0.05, 0) is 28.8 Å². The number of ether oxygens (including phenoxy) is 1. The molecule has 0 N–H and O–H groups in total. The second kappa shape index (κ2) is 5.01. The van der Waals surface area contributed by atoms with Crippen LogP contribution in [0, 0.1) is 0 Å². The molecule has 1 saturated heterocycles. The van der Waals surface area contributed by atoms with Gasteiger partial charge in [0.1, 0.15) is 0 Å². The fraction of sp³-hybridized carbons (Fsp3) is 0.667. The lowest BCUT2D eigenvalue weighted by Crippen LogP contribution is -2.47. The van der Waals surface area contributed by atoms with E-state index in [9.17, 15) is 0 Å². The molecule has 1 aliphatic heterocycles. The lowest BCUT2D eigenvalue weighted by molar-refractivity contribution is 0.246. The topological polar surface area (TPSA) is 41.5 Å². The van der Waals surface area contributed by atoms with Crippen LogP contribution in [0.4, 0.5) is 5.95 Å². The molecule has 0 unspecified atom stereocenters. The van der Waals surface area contributed by atoms with Gasteiger partial charge in [0.2, 0.25) is 11.8 Å². The summed E-state index contributed by atoms with van der Waals surface area (Å²) in [5.41, 5.74) is 0. The first-order valence-corrected chi connectivity index (χ1v) is 7.13. The van der Waals surface area contributed by atoms with E-state index in [1.807, 2.05) is 0 Å². The number of piperazine rings is 1. The van der Waals surface area contributed by atoms with Crippen molar-refractivity contribution in [3.8, 4) is 5.88 Å². The highest BCUT2D eigenvalue weighted by Crippen LogP contribution is 2.28. The highest BCUT2D eigenvalue weighted by molar-refractivity contribution is 9.10. The molecule has 1 aliphatic carbocycles. The fourth-order valence-electron chi connectivity index (χ4n) is 2.36. The average Bonchev–Trinajstić information content (AvgIpc) is 3.24. The molecule has 0 atom stereocenters. The minimum Gasteiger partial charge on any atom is -0.480 e. The van der Waals surface area contributed by atoms with E-state index < -0.39 is 0 Å². The first-order valence-electron chi connectivity index (χ1n) is 6.33. The largest absolute Gasteiger partial charge is 0.480 e. The third kappa shape index (κ3) is 2.44. The number of aromatic nitrogens is 2. The highest BCUT2D eigenvalue weighted by atomic mass is 79.9. The molecule has 3 rings (SSSR count). The summed E-state index contributed by atoms with van der Waals surface area (Å²) in [5.74, 6) is 1.37. The Kier molecular flexibility index (Phi) is 3.39. The molecule has 0 radical (unpaired) electrons. The number of nitrogens with zero attached hydrogens (tertiary/aromatic N) is 4. The van der Waals surface area contributed by atoms with Crippen LogP contribution in [0.2, 0.25) is 0 Å². The molecule has 98 valence electrons. The van der Waals surface area contributed by atoms with Crippen LogP contribution >= 0.6 is 15.9 Å². The zero-order valence-corrected chi connectivity index (χ0v) is 12.1. The molecule has 0 spiro atoms. The molecule has 2 heterocycles. The van der Waals surface area contributed by atoms with E-state index in [-0.39, 0.29) is 0 Å². The third-order valence-electron chi connectivity index (χ3n) is 3.55. The molecular formula is C12H17BrN4O. The molecule has 1 aromatic rings. The summed E-state index contributed by atoms with van der Waals surface area (Å²) < 4.78 is 6.01. The minimum atomic E-state index is 0.602. The molecule has 2 aliphatic rings. The van der Waals surface area contributed by atoms with Gasteiger partial charge < -0.3 is 9.64 Å². The normalized spacial score (nSPS) is 21.1. The predicted molar refractivity (Wildman–Crippen MR) is 73.1 cm³/mol. The summed E-state index contributed by atoms with van der Waals surface area (Å²) in [6.07, 6.45) is 4.51. The van der Waals surface area contributed by atoms with Gasteiger partial charge in [0.05, 0.1) is 17.8 Å². The summed E-state index contributed by atoms with van der Waals surface area (Å²) in [6, 6.07) is 0.854. The molecular weight excluding hydrogens is 296 g/mol. The van der Waals surface area contributed by atoms with E-state index in [1.165, 1.54) is 12.8 Å². The van der Waals surface area contributed by atoms with Crippen molar-refractivity contribution in [3.63, 3.8) is 0 Å². The molecule has 0 bridgehead atoms. The predicted octanol–water partition coefficient (Wildman–Crippen LogP) is 1.53. The van der Waals surface area contributed by atoms with E-state index in [1.54, 1.807) is 13.3 Å². The molecule has 6 heteroatoms. The van der Waals surface area contributed by atoms with Gasteiger partial charge in [-0.2, -0.15) is 4.98 Å². The second-order valence-electron chi connectivity index (χ2n) is 4.78. The van der Waals surface area contributed by atoms with Crippen LogP contribution in [0.3, 0.4) is 0 Å². The van der Waals surface area contributed by atoms with Gasteiger partial charge in [-0.25, -0.2) is 4.98 Å². The van der Waals surface area contributed by atoms with Gasteiger partial charge in [0, 0.05) is 32.2 Å². The number of hydrogen-bond acceptors (Lipinski definition) is 5. The SMILES string of the molecule is COc1nc(N2CCN(C3CC3)CC2)ncc1Br. The van der Waals surface area contributed by atoms with Crippen LogP contribution < -0.4 is 9.64 Å². The zero-order valence-electron chi connectivity index (χ0n) is 10.5. The summed E-state index contributed by atoms with van der Waals surface area (Å²) in [7, 11) is 1.63. The number of halogens is 1. The fourth-order valence-corrected chi connectivity index (χ4v) is 2.72. The molecule has 18 heavy (non-hydrogen) atoms. The Balaban J connectivity index is 1.67. The lowest BCUT2D eigenvalue weighted by Gasteiger charge is -2.34. The Morgan fingerprint density at radius 3 is 2.61 bits per heavy atom. The molecule has 1 saturated carbocycles. The number of anilines is 1. The van der Waals surface area contributed by atoms with Crippen LogP contribution in [-0.2, 0) is 0 Å². The molecule has 2 fully saturated rings. The van der Waals surface area contributed by atoms with Crippen molar-refractivity contribution >= 4 is 21.9 Å². The molecule has 1 aromatic heterocycles. The lowest BCUT2D eigenvalue weighted by atomic mass is 10.3. The summed E-state index contributed by atoms with van der Waals surface area (Å²) in [6.45, 7) is 4.24. The number of rotatable bonds is 3. The smallest absolute Gasteiger partial charge is 0.232 e.